The molecular weight excluding hydrogens is 316 g/mol. The first-order valence-electron chi connectivity index (χ1n) is 7.85. The summed E-state index contributed by atoms with van der Waals surface area (Å²) in [6.07, 6.45) is 4.21. The van der Waals surface area contributed by atoms with E-state index in [0.29, 0.717) is 17.2 Å². The molecule has 0 fully saturated rings. The van der Waals surface area contributed by atoms with Crippen molar-refractivity contribution in [3.63, 3.8) is 0 Å². The Morgan fingerprint density at radius 3 is 2.64 bits per heavy atom. The van der Waals surface area contributed by atoms with Crippen LogP contribution >= 0.6 is 0 Å². The van der Waals surface area contributed by atoms with Crippen molar-refractivity contribution in [3.8, 4) is 22.9 Å². The fourth-order valence-electron chi connectivity index (χ4n) is 2.62. The van der Waals surface area contributed by atoms with Crippen LogP contribution in [0.5, 0.6) is 11.6 Å². The van der Waals surface area contributed by atoms with Gasteiger partial charge >= 0.3 is 0 Å². The predicted molar refractivity (Wildman–Crippen MR) is 94.9 cm³/mol. The number of rotatable bonds is 6. The summed E-state index contributed by atoms with van der Waals surface area (Å²) in [5.74, 6) is 1.06. The minimum Gasteiger partial charge on any atom is -0.488 e. The zero-order chi connectivity index (χ0) is 17.6. The van der Waals surface area contributed by atoms with Crippen LogP contribution in [0.15, 0.2) is 54.9 Å². The van der Waals surface area contributed by atoms with Gasteiger partial charge in [-0.1, -0.05) is 18.2 Å². The zero-order valence-electron chi connectivity index (χ0n) is 14.1. The summed E-state index contributed by atoms with van der Waals surface area (Å²) < 4.78 is 11.2. The zero-order valence-corrected chi connectivity index (χ0v) is 14.1. The highest BCUT2D eigenvalue weighted by atomic mass is 16.5. The first-order chi connectivity index (χ1) is 12.2. The minimum atomic E-state index is 0.283. The van der Waals surface area contributed by atoms with E-state index in [-0.39, 0.29) is 6.61 Å². The summed E-state index contributed by atoms with van der Waals surface area (Å²) in [5.41, 5.74) is 3.86. The topological polar surface area (TPSA) is 61.3 Å². The Hall–Kier alpha value is -3.21. The number of pyridine rings is 2. The van der Waals surface area contributed by atoms with Crippen LogP contribution in [0.4, 0.5) is 0 Å². The number of aromatic nitrogens is 2. The third kappa shape index (κ3) is 3.50. The van der Waals surface area contributed by atoms with Gasteiger partial charge < -0.3 is 9.47 Å². The molecule has 126 valence electrons. The van der Waals surface area contributed by atoms with Crippen LogP contribution in [-0.2, 0) is 6.61 Å². The minimum absolute atomic E-state index is 0.283. The molecule has 0 radical (unpaired) electrons. The fourth-order valence-corrected chi connectivity index (χ4v) is 2.62. The second-order valence-corrected chi connectivity index (χ2v) is 5.46. The second kappa shape index (κ2) is 7.57. The van der Waals surface area contributed by atoms with E-state index in [1.165, 1.54) is 0 Å². The van der Waals surface area contributed by atoms with Crippen molar-refractivity contribution < 1.29 is 14.3 Å². The van der Waals surface area contributed by atoms with E-state index in [1.807, 2.05) is 43.3 Å². The van der Waals surface area contributed by atoms with Crippen LogP contribution in [0.3, 0.4) is 0 Å². The Labute approximate surface area is 146 Å². The van der Waals surface area contributed by atoms with Gasteiger partial charge in [-0.25, -0.2) is 4.98 Å². The van der Waals surface area contributed by atoms with Gasteiger partial charge in [-0.3, -0.25) is 9.78 Å². The molecule has 3 aromatic rings. The molecule has 2 aromatic heterocycles. The van der Waals surface area contributed by atoms with E-state index < -0.39 is 0 Å². The lowest BCUT2D eigenvalue weighted by molar-refractivity contribution is 0.111. The van der Waals surface area contributed by atoms with Crippen LogP contribution in [0, 0.1) is 6.92 Å². The molecule has 0 saturated carbocycles. The van der Waals surface area contributed by atoms with Gasteiger partial charge in [-0.15, -0.1) is 0 Å². The molecule has 0 bridgehead atoms. The monoisotopic (exact) mass is 334 g/mol. The van der Waals surface area contributed by atoms with Crippen molar-refractivity contribution >= 4 is 6.29 Å². The number of carbonyl (C=O) groups is 1. The Balaban J connectivity index is 1.93. The first-order valence-corrected chi connectivity index (χ1v) is 7.85. The second-order valence-electron chi connectivity index (χ2n) is 5.46. The maximum absolute atomic E-state index is 11.3. The molecule has 0 aliphatic heterocycles. The highest BCUT2D eigenvalue weighted by Crippen LogP contribution is 2.29. The maximum Gasteiger partial charge on any atom is 0.222 e. The van der Waals surface area contributed by atoms with Gasteiger partial charge in [-0.2, -0.15) is 0 Å². The van der Waals surface area contributed by atoms with Gasteiger partial charge in [0, 0.05) is 18.0 Å². The number of benzene rings is 1. The highest BCUT2D eigenvalue weighted by Gasteiger charge is 2.13. The number of aldehydes is 1. The van der Waals surface area contributed by atoms with Crippen molar-refractivity contribution in [3.05, 3.63) is 71.5 Å². The summed E-state index contributed by atoms with van der Waals surface area (Å²) in [6, 6.07) is 13.1. The Kier molecular flexibility index (Phi) is 5.04. The quantitative estimate of drug-likeness (QED) is 0.641. The van der Waals surface area contributed by atoms with Crippen LogP contribution in [-0.4, -0.2) is 23.4 Å². The van der Waals surface area contributed by atoms with Gasteiger partial charge in [0.15, 0.2) is 6.29 Å². The average Bonchev–Trinajstić information content (AvgIpc) is 2.66. The van der Waals surface area contributed by atoms with Crippen LogP contribution < -0.4 is 9.47 Å². The number of hydrogen-bond acceptors (Lipinski definition) is 5. The molecule has 5 nitrogen and oxygen atoms in total. The smallest absolute Gasteiger partial charge is 0.222 e. The van der Waals surface area contributed by atoms with Gasteiger partial charge in [0.25, 0.3) is 0 Å². The predicted octanol–water partition coefficient (Wildman–Crippen LogP) is 3.85. The van der Waals surface area contributed by atoms with Crippen LogP contribution in [0.2, 0.25) is 0 Å². The number of methoxy groups -OCH3 is 1. The summed E-state index contributed by atoms with van der Waals surface area (Å²) in [4.78, 5) is 20.0. The molecule has 0 N–H and O–H groups in total. The van der Waals surface area contributed by atoms with Crippen molar-refractivity contribution in [2.24, 2.45) is 0 Å². The van der Waals surface area contributed by atoms with E-state index in [9.17, 15) is 4.79 Å². The molecule has 0 aliphatic carbocycles. The van der Waals surface area contributed by atoms with Gasteiger partial charge in [0.2, 0.25) is 5.88 Å². The van der Waals surface area contributed by atoms with Gasteiger partial charge in [-0.05, 0) is 36.8 Å². The van der Waals surface area contributed by atoms with Crippen molar-refractivity contribution in [1.82, 2.24) is 9.97 Å². The molecule has 0 aliphatic rings. The number of carbonyl (C=O) groups excluding carboxylic acids is 1. The molecule has 3 rings (SSSR count). The normalized spacial score (nSPS) is 10.3. The first kappa shape index (κ1) is 16.6. The number of aryl methyl sites for hydroxylation is 1. The third-order valence-corrected chi connectivity index (χ3v) is 3.90. The fraction of sp³-hybridized carbons (Fsp3) is 0.150. The Morgan fingerprint density at radius 2 is 1.84 bits per heavy atom. The largest absolute Gasteiger partial charge is 0.488 e. The van der Waals surface area contributed by atoms with E-state index in [0.717, 1.165) is 28.7 Å². The standard InChI is InChI=1S/C20H18N2O3/c1-14-6-3-9-18(17(14)12-23)25-13-15-7-4-10-21-19(15)16-8-5-11-22-20(16)24-2/h3-12H,13H2,1-2H3. The van der Waals surface area contributed by atoms with Crippen LogP contribution in [0.25, 0.3) is 11.3 Å². The molecule has 0 unspecified atom stereocenters. The Bertz CT molecular complexity index is 894. The third-order valence-electron chi connectivity index (χ3n) is 3.90. The van der Waals surface area contributed by atoms with Crippen molar-refractivity contribution in [2.45, 2.75) is 13.5 Å². The molecule has 0 saturated heterocycles. The van der Waals surface area contributed by atoms with E-state index in [4.69, 9.17) is 9.47 Å². The maximum atomic E-state index is 11.3. The van der Waals surface area contributed by atoms with Crippen molar-refractivity contribution in [1.29, 1.82) is 0 Å². The number of ether oxygens (including phenoxy) is 2. The summed E-state index contributed by atoms with van der Waals surface area (Å²) in [5, 5.41) is 0. The van der Waals surface area contributed by atoms with Crippen LogP contribution in [0.1, 0.15) is 21.5 Å². The molecule has 2 heterocycles. The molecule has 1 aromatic carbocycles. The molecule has 25 heavy (non-hydrogen) atoms. The molecule has 5 heteroatoms. The molecular formula is C20H18N2O3. The van der Waals surface area contributed by atoms with Gasteiger partial charge in [0.05, 0.1) is 23.9 Å². The SMILES string of the molecule is COc1ncccc1-c1ncccc1COc1cccc(C)c1C=O. The Morgan fingerprint density at radius 1 is 1.04 bits per heavy atom. The molecule has 0 spiro atoms. The van der Waals surface area contributed by atoms with E-state index in [1.54, 1.807) is 25.6 Å². The summed E-state index contributed by atoms with van der Waals surface area (Å²) in [6.45, 7) is 2.16. The number of nitrogens with zero attached hydrogens (tertiary/aromatic N) is 2. The highest BCUT2D eigenvalue weighted by molar-refractivity contribution is 5.81. The molecule has 0 amide bonds. The lowest BCUT2D eigenvalue weighted by atomic mass is 10.1. The number of hydrogen-bond donors (Lipinski definition) is 0. The van der Waals surface area contributed by atoms with E-state index >= 15 is 0 Å². The lowest BCUT2D eigenvalue weighted by Crippen LogP contribution is -2.03. The lowest BCUT2D eigenvalue weighted by Gasteiger charge is -2.13. The summed E-state index contributed by atoms with van der Waals surface area (Å²) >= 11 is 0. The van der Waals surface area contributed by atoms with Crippen molar-refractivity contribution in [2.75, 3.05) is 7.11 Å². The van der Waals surface area contributed by atoms with Gasteiger partial charge in [0.1, 0.15) is 12.4 Å². The molecule has 0 atom stereocenters. The summed E-state index contributed by atoms with van der Waals surface area (Å²) in [7, 11) is 1.58. The van der Waals surface area contributed by atoms with E-state index in [2.05, 4.69) is 9.97 Å². The average molecular weight is 334 g/mol.